The maximum Gasteiger partial charge on any atom is 0.227 e. The van der Waals surface area contributed by atoms with E-state index in [4.69, 9.17) is 9.47 Å². The zero-order chi connectivity index (χ0) is 19.9. The molecule has 0 unspecified atom stereocenters. The molecule has 1 saturated heterocycles. The summed E-state index contributed by atoms with van der Waals surface area (Å²) in [6, 6.07) is 14.7. The number of amides is 1. The summed E-state index contributed by atoms with van der Waals surface area (Å²) in [6.45, 7) is 2.95. The number of rotatable bonds is 7. The first kappa shape index (κ1) is 20.2. The number of nitrogens with zero attached hydrogens (tertiary/aromatic N) is 1. The molecule has 3 rings (SSSR count). The number of carbonyl (C=O) groups excluding carboxylic acids is 1. The van der Waals surface area contributed by atoms with Gasteiger partial charge in [0.2, 0.25) is 5.91 Å². The predicted molar refractivity (Wildman–Crippen MR) is 112 cm³/mol. The van der Waals surface area contributed by atoms with Crippen LogP contribution in [0.5, 0.6) is 11.5 Å². The summed E-state index contributed by atoms with van der Waals surface area (Å²) >= 11 is 0. The molecule has 1 heterocycles. The molecule has 1 atom stereocenters. The van der Waals surface area contributed by atoms with Crippen molar-refractivity contribution in [2.75, 3.05) is 20.8 Å². The van der Waals surface area contributed by atoms with Crippen LogP contribution in [0.15, 0.2) is 42.5 Å². The molecule has 0 spiro atoms. The summed E-state index contributed by atoms with van der Waals surface area (Å²) in [5, 5.41) is 0. The Hall–Kier alpha value is -2.49. The van der Waals surface area contributed by atoms with Crippen molar-refractivity contribution in [1.82, 2.24) is 4.90 Å². The van der Waals surface area contributed by atoms with E-state index >= 15 is 0 Å². The summed E-state index contributed by atoms with van der Waals surface area (Å²) in [6.07, 6.45) is 5.80. The number of carbonyl (C=O) groups is 1. The van der Waals surface area contributed by atoms with Crippen LogP contribution in [0.4, 0.5) is 0 Å². The molecular weight excluding hydrogens is 350 g/mol. The molecule has 0 aliphatic carbocycles. The van der Waals surface area contributed by atoms with Crippen LogP contribution in [0.1, 0.15) is 42.4 Å². The monoisotopic (exact) mass is 381 g/mol. The van der Waals surface area contributed by atoms with Crippen molar-refractivity contribution in [2.45, 2.75) is 51.5 Å². The van der Waals surface area contributed by atoms with Crippen molar-refractivity contribution < 1.29 is 14.3 Å². The van der Waals surface area contributed by atoms with E-state index in [0.29, 0.717) is 12.5 Å². The van der Waals surface area contributed by atoms with Crippen molar-refractivity contribution >= 4 is 5.91 Å². The second kappa shape index (κ2) is 9.63. The minimum atomic E-state index is 0.251. The van der Waals surface area contributed by atoms with Gasteiger partial charge in [-0.25, -0.2) is 0 Å². The highest BCUT2D eigenvalue weighted by molar-refractivity contribution is 5.79. The van der Waals surface area contributed by atoms with Gasteiger partial charge in [-0.2, -0.15) is 0 Å². The number of benzene rings is 2. The zero-order valence-electron chi connectivity index (χ0n) is 17.2. The molecule has 1 aliphatic heterocycles. The van der Waals surface area contributed by atoms with E-state index in [-0.39, 0.29) is 5.91 Å². The summed E-state index contributed by atoms with van der Waals surface area (Å²) in [4.78, 5) is 15.1. The number of methoxy groups -OCH3 is 2. The highest BCUT2D eigenvalue weighted by atomic mass is 16.5. The van der Waals surface area contributed by atoms with Gasteiger partial charge in [-0.3, -0.25) is 4.79 Å². The molecule has 0 bridgehead atoms. The zero-order valence-corrected chi connectivity index (χ0v) is 17.2. The Bertz CT molecular complexity index is 785. The fourth-order valence-electron chi connectivity index (χ4n) is 3.98. The lowest BCUT2D eigenvalue weighted by molar-refractivity contribution is -0.134. The third kappa shape index (κ3) is 5.06. The van der Waals surface area contributed by atoms with Crippen molar-refractivity contribution in [1.29, 1.82) is 0 Å². The minimum absolute atomic E-state index is 0.251. The van der Waals surface area contributed by atoms with Crippen LogP contribution in [-0.2, 0) is 17.6 Å². The van der Waals surface area contributed by atoms with E-state index in [2.05, 4.69) is 42.2 Å². The van der Waals surface area contributed by atoms with Gasteiger partial charge in [-0.1, -0.05) is 35.9 Å². The second-order valence-electron chi connectivity index (χ2n) is 7.63. The Kier molecular flexibility index (Phi) is 6.96. The van der Waals surface area contributed by atoms with Crippen molar-refractivity contribution in [3.8, 4) is 11.5 Å². The highest BCUT2D eigenvalue weighted by Crippen LogP contribution is 2.29. The Morgan fingerprint density at radius 3 is 2.43 bits per heavy atom. The highest BCUT2D eigenvalue weighted by Gasteiger charge is 2.26. The predicted octanol–water partition coefficient (Wildman–Crippen LogP) is 4.57. The number of piperidine rings is 1. The molecule has 28 heavy (non-hydrogen) atoms. The van der Waals surface area contributed by atoms with Gasteiger partial charge in [0, 0.05) is 12.6 Å². The third-order valence-corrected chi connectivity index (χ3v) is 5.64. The van der Waals surface area contributed by atoms with E-state index in [9.17, 15) is 4.79 Å². The van der Waals surface area contributed by atoms with Gasteiger partial charge < -0.3 is 14.4 Å². The van der Waals surface area contributed by atoms with Gasteiger partial charge in [-0.15, -0.1) is 0 Å². The van der Waals surface area contributed by atoms with Crippen molar-refractivity contribution in [3.63, 3.8) is 0 Å². The first-order chi connectivity index (χ1) is 13.6. The normalized spacial score (nSPS) is 16.7. The number of hydrogen-bond donors (Lipinski definition) is 0. The average Bonchev–Trinajstić information content (AvgIpc) is 2.73. The number of hydrogen-bond acceptors (Lipinski definition) is 3. The summed E-state index contributed by atoms with van der Waals surface area (Å²) in [5.41, 5.74) is 3.54. The molecule has 0 saturated carbocycles. The minimum Gasteiger partial charge on any atom is -0.493 e. The Morgan fingerprint density at radius 2 is 1.71 bits per heavy atom. The summed E-state index contributed by atoms with van der Waals surface area (Å²) in [7, 11) is 3.31. The molecule has 2 aromatic rings. The first-order valence-electron chi connectivity index (χ1n) is 10.2. The first-order valence-corrected chi connectivity index (χ1v) is 10.2. The SMILES string of the molecule is COc1ccc(CC[C@H]2CCCCN2C(=O)Cc2ccc(C)cc2)cc1OC. The molecule has 0 aromatic heterocycles. The quantitative estimate of drug-likeness (QED) is 0.705. The maximum absolute atomic E-state index is 12.9. The second-order valence-corrected chi connectivity index (χ2v) is 7.63. The van der Waals surface area contributed by atoms with E-state index in [1.165, 1.54) is 17.5 Å². The molecule has 0 N–H and O–H groups in total. The molecule has 1 fully saturated rings. The van der Waals surface area contributed by atoms with Crippen LogP contribution < -0.4 is 9.47 Å². The molecule has 1 aliphatic rings. The van der Waals surface area contributed by atoms with Crippen molar-refractivity contribution in [3.05, 3.63) is 59.2 Å². The molecule has 4 nitrogen and oxygen atoms in total. The average molecular weight is 382 g/mol. The van der Waals surface area contributed by atoms with Gasteiger partial charge in [0.1, 0.15) is 0 Å². The standard InChI is InChI=1S/C24H31NO3/c1-18-7-9-20(10-8-18)17-24(26)25-15-5-4-6-21(25)13-11-19-12-14-22(27-2)23(16-19)28-3/h7-10,12,14,16,21H,4-6,11,13,15,17H2,1-3H3/t21-/m1/s1. The summed E-state index contributed by atoms with van der Waals surface area (Å²) in [5.74, 6) is 1.76. The Morgan fingerprint density at radius 1 is 1.00 bits per heavy atom. The number of aryl methyl sites for hydroxylation is 2. The summed E-state index contributed by atoms with van der Waals surface area (Å²) < 4.78 is 10.7. The fraction of sp³-hybridized carbons (Fsp3) is 0.458. The largest absolute Gasteiger partial charge is 0.493 e. The molecular formula is C24H31NO3. The topological polar surface area (TPSA) is 38.8 Å². The number of ether oxygens (including phenoxy) is 2. The molecule has 2 aromatic carbocycles. The lowest BCUT2D eigenvalue weighted by Crippen LogP contribution is -2.44. The lowest BCUT2D eigenvalue weighted by atomic mass is 9.95. The van der Waals surface area contributed by atoms with E-state index in [1.54, 1.807) is 14.2 Å². The van der Waals surface area contributed by atoms with Crippen LogP contribution in [0, 0.1) is 6.92 Å². The van der Waals surface area contributed by atoms with Crippen LogP contribution >= 0.6 is 0 Å². The maximum atomic E-state index is 12.9. The Balaban J connectivity index is 1.63. The van der Waals surface area contributed by atoms with Crippen LogP contribution in [0.3, 0.4) is 0 Å². The molecule has 150 valence electrons. The molecule has 1 amide bonds. The van der Waals surface area contributed by atoms with Crippen LogP contribution in [0.2, 0.25) is 0 Å². The number of likely N-dealkylation sites (tertiary alicyclic amines) is 1. The van der Waals surface area contributed by atoms with Gasteiger partial charge in [-0.05, 0) is 62.3 Å². The van der Waals surface area contributed by atoms with E-state index in [0.717, 1.165) is 49.3 Å². The van der Waals surface area contributed by atoms with Gasteiger partial charge in [0.05, 0.1) is 20.6 Å². The Labute approximate surface area is 168 Å². The van der Waals surface area contributed by atoms with Gasteiger partial charge in [0.25, 0.3) is 0 Å². The van der Waals surface area contributed by atoms with Gasteiger partial charge in [0.15, 0.2) is 11.5 Å². The fourth-order valence-corrected chi connectivity index (χ4v) is 3.98. The van der Waals surface area contributed by atoms with Crippen LogP contribution in [-0.4, -0.2) is 37.6 Å². The van der Waals surface area contributed by atoms with Crippen molar-refractivity contribution in [2.24, 2.45) is 0 Å². The van der Waals surface area contributed by atoms with Gasteiger partial charge >= 0.3 is 0 Å². The lowest BCUT2D eigenvalue weighted by Gasteiger charge is -2.36. The van der Waals surface area contributed by atoms with Crippen LogP contribution in [0.25, 0.3) is 0 Å². The third-order valence-electron chi connectivity index (χ3n) is 5.64. The van der Waals surface area contributed by atoms with E-state index in [1.807, 2.05) is 12.1 Å². The molecule has 0 radical (unpaired) electrons. The smallest absolute Gasteiger partial charge is 0.227 e. The van der Waals surface area contributed by atoms with E-state index < -0.39 is 0 Å². The molecule has 4 heteroatoms.